The molecule has 4 nitrogen and oxygen atoms in total. The fourth-order valence-electron chi connectivity index (χ4n) is 1.80. The van der Waals surface area contributed by atoms with Gasteiger partial charge in [0.25, 0.3) is 5.91 Å². The maximum absolute atomic E-state index is 11.4. The van der Waals surface area contributed by atoms with Crippen molar-refractivity contribution in [1.29, 1.82) is 0 Å². The molecule has 1 heterocycles. The van der Waals surface area contributed by atoms with Crippen LogP contribution >= 0.6 is 11.6 Å². The zero-order valence-electron chi connectivity index (χ0n) is 10.4. The van der Waals surface area contributed by atoms with Crippen molar-refractivity contribution in [2.45, 2.75) is 13.0 Å². The summed E-state index contributed by atoms with van der Waals surface area (Å²) in [4.78, 5) is 15.2. The van der Waals surface area contributed by atoms with E-state index < -0.39 is 5.91 Å². The summed E-state index contributed by atoms with van der Waals surface area (Å²) in [5, 5.41) is 3.54. The molecule has 0 saturated carbocycles. The first-order valence-corrected chi connectivity index (χ1v) is 6.22. The van der Waals surface area contributed by atoms with Gasteiger partial charge in [0.05, 0.1) is 11.3 Å². The number of aromatic nitrogens is 1. The number of nitrogens with two attached hydrogens (primary N) is 1. The van der Waals surface area contributed by atoms with Gasteiger partial charge in [-0.3, -0.25) is 4.79 Å². The second-order valence-electron chi connectivity index (χ2n) is 4.19. The quantitative estimate of drug-likeness (QED) is 0.843. The number of primary amides is 1. The Morgan fingerprint density at radius 1 is 1.37 bits per heavy atom. The molecule has 2 aromatic rings. The molecule has 0 aliphatic carbocycles. The number of hydrogen-bond acceptors (Lipinski definition) is 3. The van der Waals surface area contributed by atoms with E-state index in [2.05, 4.69) is 10.3 Å². The topological polar surface area (TPSA) is 68.0 Å². The highest BCUT2D eigenvalue weighted by molar-refractivity contribution is 6.29. The Kier molecular flexibility index (Phi) is 4.02. The molecule has 2 rings (SSSR count). The van der Waals surface area contributed by atoms with Crippen molar-refractivity contribution in [1.82, 2.24) is 4.98 Å². The molecule has 1 amide bonds. The fraction of sp³-hybridized carbons (Fsp3) is 0.143. The van der Waals surface area contributed by atoms with Gasteiger partial charge < -0.3 is 11.1 Å². The first kappa shape index (κ1) is 13.4. The summed E-state index contributed by atoms with van der Waals surface area (Å²) in [6.45, 7) is 1.99. The number of halogens is 1. The lowest BCUT2D eigenvalue weighted by molar-refractivity contribution is 0.100. The van der Waals surface area contributed by atoms with Crippen molar-refractivity contribution >= 4 is 23.2 Å². The highest BCUT2D eigenvalue weighted by atomic mass is 35.5. The lowest BCUT2D eigenvalue weighted by atomic mass is 10.1. The van der Waals surface area contributed by atoms with Crippen LogP contribution in [0.4, 0.5) is 5.69 Å². The molecule has 19 heavy (non-hydrogen) atoms. The molecular weight excluding hydrogens is 262 g/mol. The molecular formula is C14H14ClN3O. The summed E-state index contributed by atoms with van der Waals surface area (Å²) < 4.78 is 0. The number of hydrogen-bond donors (Lipinski definition) is 2. The molecule has 1 atom stereocenters. The third kappa shape index (κ3) is 3.23. The summed E-state index contributed by atoms with van der Waals surface area (Å²) in [5.74, 6) is -0.535. The van der Waals surface area contributed by atoms with Gasteiger partial charge in [-0.2, -0.15) is 0 Å². The van der Waals surface area contributed by atoms with Gasteiger partial charge in [-0.25, -0.2) is 4.98 Å². The standard InChI is InChI=1S/C14H14ClN3O/c1-9(10-5-3-2-4-6-10)18-12-7-13(15)17-8-11(12)14(16)19/h2-9H,1H3,(H2,16,19)(H,17,18)/t9-/m0/s1. The predicted octanol–water partition coefficient (Wildman–Crippen LogP) is 3.01. The molecule has 1 aromatic carbocycles. The number of rotatable bonds is 4. The first-order chi connectivity index (χ1) is 9.08. The summed E-state index contributed by atoms with van der Waals surface area (Å²) in [7, 11) is 0. The number of carbonyl (C=O) groups excluding carboxylic acids is 1. The van der Waals surface area contributed by atoms with E-state index in [1.165, 1.54) is 6.20 Å². The minimum Gasteiger partial charge on any atom is -0.378 e. The Labute approximate surface area is 116 Å². The molecule has 0 aliphatic rings. The largest absolute Gasteiger partial charge is 0.378 e. The molecule has 0 spiro atoms. The minimum atomic E-state index is -0.535. The third-order valence-electron chi connectivity index (χ3n) is 2.81. The van der Waals surface area contributed by atoms with Crippen LogP contribution in [0.2, 0.25) is 5.15 Å². The van der Waals surface area contributed by atoms with Crippen LogP contribution in [-0.2, 0) is 0 Å². The fourth-order valence-corrected chi connectivity index (χ4v) is 1.96. The van der Waals surface area contributed by atoms with Gasteiger partial charge in [-0.05, 0) is 18.6 Å². The van der Waals surface area contributed by atoms with E-state index in [0.29, 0.717) is 16.4 Å². The molecule has 0 unspecified atom stereocenters. The van der Waals surface area contributed by atoms with E-state index >= 15 is 0 Å². The Balaban J connectivity index is 2.28. The van der Waals surface area contributed by atoms with Crippen molar-refractivity contribution in [2.24, 2.45) is 5.73 Å². The van der Waals surface area contributed by atoms with Gasteiger partial charge in [0.15, 0.2) is 0 Å². The van der Waals surface area contributed by atoms with Gasteiger partial charge in [0, 0.05) is 12.2 Å². The van der Waals surface area contributed by atoms with Crippen molar-refractivity contribution in [3.8, 4) is 0 Å². The monoisotopic (exact) mass is 275 g/mol. The van der Waals surface area contributed by atoms with Crippen molar-refractivity contribution < 1.29 is 4.79 Å². The molecule has 0 saturated heterocycles. The van der Waals surface area contributed by atoms with Crippen LogP contribution in [-0.4, -0.2) is 10.9 Å². The average Bonchev–Trinajstić information content (AvgIpc) is 2.39. The van der Waals surface area contributed by atoms with E-state index in [4.69, 9.17) is 17.3 Å². The predicted molar refractivity (Wildman–Crippen MR) is 76.2 cm³/mol. The zero-order chi connectivity index (χ0) is 13.8. The molecule has 0 fully saturated rings. The van der Waals surface area contributed by atoms with E-state index in [9.17, 15) is 4.79 Å². The van der Waals surface area contributed by atoms with E-state index in [1.54, 1.807) is 6.07 Å². The lowest BCUT2D eigenvalue weighted by Crippen LogP contribution is -2.16. The van der Waals surface area contributed by atoms with Crippen LogP contribution in [0.25, 0.3) is 0 Å². The van der Waals surface area contributed by atoms with Crippen LogP contribution in [0.3, 0.4) is 0 Å². The Morgan fingerprint density at radius 3 is 2.68 bits per heavy atom. The highest BCUT2D eigenvalue weighted by Gasteiger charge is 2.12. The van der Waals surface area contributed by atoms with Crippen molar-refractivity contribution in [3.63, 3.8) is 0 Å². The normalized spacial score (nSPS) is 11.9. The summed E-state index contributed by atoms with van der Waals surface area (Å²) in [5.41, 5.74) is 7.33. The van der Waals surface area contributed by atoms with E-state index in [-0.39, 0.29) is 6.04 Å². The summed E-state index contributed by atoms with van der Waals surface area (Å²) >= 11 is 5.85. The molecule has 98 valence electrons. The number of nitrogens with one attached hydrogen (secondary N) is 1. The number of pyridine rings is 1. The number of nitrogens with zero attached hydrogens (tertiary/aromatic N) is 1. The van der Waals surface area contributed by atoms with Crippen LogP contribution in [0.5, 0.6) is 0 Å². The molecule has 0 bridgehead atoms. The third-order valence-corrected chi connectivity index (χ3v) is 3.01. The van der Waals surface area contributed by atoms with E-state index in [0.717, 1.165) is 5.56 Å². The maximum Gasteiger partial charge on any atom is 0.252 e. The SMILES string of the molecule is C[C@H](Nc1cc(Cl)ncc1C(N)=O)c1ccccc1. The smallest absolute Gasteiger partial charge is 0.252 e. The molecule has 0 aliphatic heterocycles. The van der Waals surface area contributed by atoms with Gasteiger partial charge in [0.1, 0.15) is 5.15 Å². The molecule has 5 heteroatoms. The Hall–Kier alpha value is -2.07. The molecule has 3 N–H and O–H groups in total. The second kappa shape index (κ2) is 5.71. The Morgan fingerprint density at radius 2 is 2.05 bits per heavy atom. The highest BCUT2D eigenvalue weighted by Crippen LogP contribution is 2.24. The van der Waals surface area contributed by atoms with Crippen LogP contribution in [0.15, 0.2) is 42.6 Å². The number of anilines is 1. The first-order valence-electron chi connectivity index (χ1n) is 5.84. The van der Waals surface area contributed by atoms with E-state index in [1.807, 2.05) is 37.3 Å². The molecule has 0 radical (unpaired) electrons. The number of benzene rings is 1. The van der Waals surface area contributed by atoms with Crippen LogP contribution in [0.1, 0.15) is 28.9 Å². The van der Waals surface area contributed by atoms with Gasteiger partial charge in [0.2, 0.25) is 0 Å². The second-order valence-corrected chi connectivity index (χ2v) is 4.58. The average molecular weight is 276 g/mol. The van der Waals surface area contributed by atoms with Crippen molar-refractivity contribution in [2.75, 3.05) is 5.32 Å². The van der Waals surface area contributed by atoms with Gasteiger partial charge in [-0.15, -0.1) is 0 Å². The molecule has 1 aromatic heterocycles. The van der Waals surface area contributed by atoms with Crippen LogP contribution < -0.4 is 11.1 Å². The maximum atomic E-state index is 11.4. The Bertz CT molecular complexity index is 586. The number of amides is 1. The van der Waals surface area contributed by atoms with Crippen molar-refractivity contribution in [3.05, 3.63) is 58.9 Å². The van der Waals surface area contributed by atoms with Crippen LogP contribution in [0, 0.1) is 0 Å². The minimum absolute atomic E-state index is 0.0257. The summed E-state index contributed by atoms with van der Waals surface area (Å²) in [6.07, 6.45) is 1.38. The zero-order valence-corrected chi connectivity index (χ0v) is 11.2. The number of carbonyl (C=O) groups is 1. The summed E-state index contributed by atoms with van der Waals surface area (Å²) in [6, 6.07) is 11.5. The van der Waals surface area contributed by atoms with Gasteiger partial charge >= 0.3 is 0 Å². The van der Waals surface area contributed by atoms with Gasteiger partial charge in [-0.1, -0.05) is 41.9 Å². The lowest BCUT2D eigenvalue weighted by Gasteiger charge is -2.17.